The molecule has 0 radical (unpaired) electrons. The molecule has 0 aromatic rings. The number of hydrogen-bond acceptors (Lipinski definition) is 1. The van der Waals surface area contributed by atoms with Gasteiger partial charge in [0.05, 0.1) is 0 Å². The van der Waals surface area contributed by atoms with Crippen LogP contribution in [0.25, 0.3) is 0 Å². The molecule has 0 amide bonds. The highest BCUT2D eigenvalue weighted by atomic mass is 14.6. The third-order valence-electron chi connectivity index (χ3n) is 3.31. The van der Waals surface area contributed by atoms with Crippen LogP contribution in [0.2, 0.25) is 0 Å². The van der Waals surface area contributed by atoms with Crippen LogP contribution in [0.3, 0.4) is 0 Å². The molecule has 0 aromatic carbocycles. The van der Waals surface area contributed by atoms with E-state index in [1.165, 1.54) is 31.3 Å². The first-order chi connectivity index (χ1) is 5.59. The largest absolute Gasteiger partial charge is 0.324 e. The molecule has 2 N–H and O–H groups in total. The Morgan fingerprint density at radius 2 is 2.17 bits per heavy atom. The Morgan fingerprint density at radius 1 is 1.58 bits per heavy atom. The maximum atomic E-state index is 5.81. The second kappa shape index (κ2) is 3.61. The Morgan fingerprint density at radius 3 is 2.42 bits per heavy atom. The molecule has 1 nitrogen and oxygen atoms in total. The van der Waals surface area contributed by atoms with Crippen molar-refractivity contribution in [3.63, 3.8) is 0 Å². The van der Waals surface area contributed by atoms with E-state index in [1.54, 1.807) is 0 Å². The van der Waals surface area contributed by atoms with Crippen LogP contribution in [0.4, 0.5) is 0 Å². The minimum Gasteiger partial charge on any atom is -0.324 e. The number of allylic oxidation sites excluding steroid dienone is 1. The van der Waals surface area contributed by atoms with Crippen LogP contribution in [0.5, 0.6) is 0 Å². The van der Waals surface area contributed by atoms with Gasteiger partial charge < -0.3 is 5.73 Å². The molecule has 12 heavy (non-hydrogen) atoms. The molecule has 1 atom stereocenters. The predicted octanol–water partition coefficient (Wildman–Crippen LogP) is 2.86. The van der Waals surface area contributed by atoms with Crippen molar-refractivity contribution < 1.29 is 0 Å². The van der Waals surface area contributed by atoms with Crippen LogP contribution in [-0.2, 0) is 0 Å². The van der Waals surface area contributed by atoms with Gasteiger partial charge in [0, 0.05) is 6.04 Å². The van der Waals surface area contributed by atoms with E-state index in [1.807, 2.05) is 0 Å². The molecule has 0 spiro atoms. The van der Waals surface area contributed by atoms with Crippen LogP contribution in [0, 0.1) is 5.41 Å². The van der Waals surface area contributed by atoms with Crippen molar-refractivity contribution in [2.75, 3.05) is 0 Å². The Bertz CT molecular complexity index is 170. The van der Waals surface area contributed by atoms with Crippen molar-refractivity contribution in [1.29, 1.82) is 0 Å². The van der Waals surface area contributed by atoms with Gasteiger partial charge in [-0.15, -0.1) is 0 Å². The van der Waals surface area contributed by atoms with Crippen LogP contribution >= 0.6 is 0 Å². The van der Waals surface area contributed by atoms with E-state index in [-0.39, 0.29) is 6.04 Å². The first-order valence-electron chi connectivity index (χ1n) is 5.04. The van der Waals surface area contributed by atoms with Crippen LogP contribution in [-0.4, -0.2) is 6.04 Å². The molecule has 1 heteroatoms. The summed E-state index contributed by atoms with van der Waals surface area (Å²) in [6.07, 6.45) is 7.83. The highest BCUT2D eigenvalue weighted by molar-refractivity contribution is 5.14. The van der Waals surface area contributed by atoms with E-state index in [0.717, 1.165) is 0 Å². The van der Waals surface area contributed by atoms with Crippen LogP contribution < -0.4 is 5.73 Å². The average Bonchev–Trinajstić information content (AvgIpc) is 1.96. The molecule has 0 aromatic heterocycles. The van der Waals surface area contributed by atoms with E-state index in [4.69, 9.17) is 5.73 Å². The SMILES string of the molecule is CCC1(/C=C(/C)C(C)N)CCC1. The monoisotopic (exact) mass is 167 g/mol. The zero-order chi connectivity index (χ0) is 9.19. The van der Waals surface area contributed by atoms with Gasteiger partial charge in [0.1, 0.15) is 0 Å². The standard InChI is InChI=1S/C11H21N/c1-4-11(6-5-7-11)8-9(2)10(3)12/h8,10H,4-7,12H2,1-3H3/b9-8-. The molecule has 70 valence electrons. The van der Waals surface area contributed by atoms with Crippen molar-refractivity contribution >= 4 is 0 Å². The van der Waals surface area contributed by atoms with Crippen molar-refractivity contribution in [2.45, 2.75) is 52.5 Å². The molecular weight excluding hydrogens is 146 g/mol. The third-order valence-corrected chi connectivity index (χ3v) is 3.31. The molecule has 1 aliphatic rings. The highest BCUT2D eigenvalue weighted by Gasteiger charge is 2.32. The molecule has 0 heterocycles. The lowest BCUT2D eigenvalue weighted by Crippen LogP contribution is -2.28. The summed E-state index contributed by atoms with van der Waals surface area (Å²) in [6, 6.07) is 0.231. The first-order valence-corrected chi connectivity index (χ1v) is 5.04. The lowest BCUT2D eigenvalue weighted by molar-refractivity contribution is 0.194. The molecule has 1 unspecified atom stereocenters. The Labute approximate surface area is 76.0 Å². The summed E-state index contributed by atoms with van der Waals surface area (Å²) < 4.78 is 0. The third kappa shape index (κ3) is 1.89. The van der Waals surface area contributed by atoms with Crippen molar-refractivity contribution in [1.82, 2.24) is 0 Å². The van der Waals surface area contributed by atoms with Gasteiger partial charge >= 0.3 is 0 Å². The quantitative estimate of drug-likeness (QED) is 0.643. The van der Waals surface area contributed by atoms with Gasteiger partial charge in [0.15, 0.2) is 0 Å². The van der Waals surface area contributed by atoms with Gasteiger partial charge in [-0.05, 0) is 38.5 Å². The number of nitrogens with two attached hydrogens (primary N) is 1. The van der Waals surface area contributed by atoms with Crippen molar-refractivity contribution in [2.24, 2.45) is 11.1 Å². The fourth-order valence-electron chi connectivity index (χ4n) is 1.85. The van der Waals surface area contributed by atoms with E-state index >= 15 is 0 Å². The van der Waals surface area contributed by atoms with Gasteiger partial charge in [-0.3, -0.25) is 0 Å². The van der Waals surface area contributed by atoms with E-state index in [0.29, 0.717) is 5.41 Å². The molecule has 1 aliphatic carbocycles. The second-order valence-corrected chi connectivity index (χ2v) is 4.25. The summed E-state index contributed by atoms with van der Waals surface area (Å²) in [5.41, 5.74) is 7.69. The Hall–Kier alpha value is -0.300. The summed E-state index contributed by atoms with van der Waals surface area (Å²) in [6.45, 7) is 6.50. The summed E-state index contributed by atoms with van der Waals surface area (Å²) >= 11 is 0. The lowest BCUT2D eigenvalue weighted by Gasteiger charge is -2.39. The predicted molar refractivity (Wildman–Crippen MR) is 54.0 cm³/mol. The minimum absolute atomic E-state index is 0.231. The van der Waals surface area contributed by atoms with E-state index < -0.39 is 0 Å². The van der Waals surface area contributed by atoms with Crippen LogP contribution in [0.1, 0.15) is 46.5 Å². The molecule has 0 aliphatic heterocycles. The Kier molecular flexibility index (Phi) is 2.94. The smallest absolute Gasteiger partial charge is 0.0222 e. The van der Waals surface area contributed by atoms with Crippen molar-refractivity contribution in [3.05, 3.63) is 11.6 Å². The maximum absolute atomic E-state index is 5.81. The molecular formula is C11H21N. The van der Waals surface area contributed by atoms with E-state index in [9.17, 15) is 0 Å². The highest BCUT2D eigenvalue weighted by Crippen LogP contribution is 2.45. The summed E-state index contributed by atoms with van der Waals surface area (Å²) in [4.78, 5) is 0. The maximum Gasteiger partial charge on any atom is 0.0222 e. The molecule has 0 bridgehead atoms. The molecule has 1 fully saturated rings. The lowest BCUT2D eigenvalue weighted by atomic mass is 9.66. The zero-order valence-corrected chi connectivity index (χ0v) is 8.56. The van der Waals surface area contributed by atoms with Crippen molar-refractivity contribution in [3.8, 4) is 0 Å². The van der Waals surface area contributed by atoms with E-state index in [2.05, 4.69) is 26.8 Å². The fourth-order valence-corrected chi connectivity index (χ4v) is 1.85. The summed E-state index contributed by atoms with van der Waals surface area (Å²) in [5, 5.41) is 0. The van der Waals surface area contributed by atoms with Gasteiger partial charge in [0.2, 0.25) is 0 Å². The minimum atomic E-state index is 0.231. The number of hydrogen-bond donors (Lipinski definition) is 1. The van der Waals surface area contributed by atoms with Gasteiger partial charge in [-0.2, -0.15) is 0 Å². The summed E-state index contributed by atoms with van der Waals surface area (Å²) in [7, 11) is 0. The van der Waals surface area contributed by atoms with Gasteiger partial charge in [-0.25, -0.2) is 0 Å². The second-order valence-electron chi connectivity index (χ2n) is 4.25. The topological polar surface area (TPSA) is 26.0 Å². The number of rotatable bonds is 3. The molecule has 1 rings (SSSR count). The first kappa shape index (κ1) is 9.79. The molecule has 1 saturated carbocycles. The van der Waals surface area contributed by atoms with Crippen LogP contribution in [0.15, 0.2) is 11.6 Å². The average molecular weight is 167 g/mol. The normalized spacial score (nSPS) is 24.8. The summed E-state index contributed by atoms with van der Waals surface area (Å²) in [5.74, 6) is 0. The van der Waals surface area contributed by atoms with Gasteiger partial charge in [-0.1, -0.05) is 25.0 Å². The van der Waals surface area contributed by atoms with Gasteiger partial charge in [0.25, 0.3) is 0 Å². The molecule has 0 saturated heterocycles. The zero-order valence-electron chi connectivity index (χ0n) is 8.56. The fraction of sp³-hybridized carbons (Fsp3) is 0.818. The Balaban J connectivity index is 2.62.